The van der Waals surface area contributed by atoms with Gasteiger partial charge in [0.15, 0.2) is 6.10 Å². The van der Waals surface area contributed by atoms with Gasteiger partial charge in [0.1, 0.15) is 5.75 Å². The van der Waals surface area contributed by atoms with E-state index in [0.29, 0.717) is 12.2 Å². The number of hydrogen-bond acceptors (Lipinski definition) is 8. The molecule has 1 unspecified atom stereocenters. The van der Waals surface area contributed by atoms with E-state index in [1.807, 2.05) is 31.0 Å². The normalized spacial score (nSPS) is 38.4. The van der Waals surface area contributed by atoms with E-state index in [9.17, 15) is 14.7 Å². The first-order chi connectivity index (χ1) is 15.7. The lowest BCUT2D eigenvalue weighted by Crippen LogP contribution is -2.81. The van der Waals surface area contributed by atoms with Gasteiger partial charge < -0.3 is 24.2 Å². The second-order valence-corrected chi connectivity index (χ2v) is 9.76. The van der Waals surface area contributed by atoms with Crippen LogP contribution < -0.4 is 9.64 Å². The molecule has 6 atom stereocenters. The molecule has 8 nitrogen and oxygen atoms in total. The van der Waals surface area contributed by atoms with Gasteiger partial charge in [0.25, 0.3) is 0 Å². The molecule has 0 radical (unpaired) electrons. The van der Waals surface area contributed by atoms with E-state index < -0.39 is 40.5 Å². The molecule has 4 aliphatic rings. The molecular weight excluding hydrogens is 424 g/mol. The van der Waals surface area contributed by atoms with Crippen LogP contribution in [-0.4, -0.2) is 80.1 Å². The summed E-state index contributed by atoms with van der Waals surface area (Å²) in [4.78, 5) is 30.2. The van der Waals surface area contributed by atoms with Gasteiger partial charge in [0, 0.05) is 49.1 Å². The highest BCUT2D eigenvalue weighted by molar-refractivity contribution is 5.87. The SMILES string of the molecule is CC[C@]12C=CCN3CC[C@@]4(c5ccc(OC)cc5N(C)[C@H]4[C@](O)(C(=O)OC)[C@@H]1OC(C)=O)C32. The Balaban J connectivity index is 1.86. The molecule has 1 N–H and O–H groups in total. The van der Waals surface area contributed by atoms with Crippen LogP contribution in [0, 0.1) is 5.41 Å². The Labute approximate surface area is 194 Å². The van der Waals surface area contributed by atoms with E-state index in [1.165, 1.54) is 14.0 Å². The average molecular weight is 457 g/mol. The number of hydrogen-bond donors (Lipinski definition) is 1. The maximum atomic E-state index is 13.5. The lowest BCUT2D eigenvalue weighted by atomic mass is 9.47. The molecule has 0 aromatic heterocycles. The van der Waals surface area contributed by atoms with Crippen LogP contribution in [0.25, 0.3) is 0 Å². The first kappa shape index (κ1) is 22.2. The third-order valence-corrected chi connectivity index (χ3v) is 8.62. The summed E-state index contributed by atoms with van der Waals surface area (Å²) in [5.41, 5.74) is -1.41. The zero-order valence-corrected chi connectivity index (χ0v) is 19.8. The quantitative estimate of drug-likeness (QED) is 0.541. The zero-order valence-electron chi connectivity index (χ0n) is 19.8. The minimum Gasteiger partial charge on any atom is -0.497 e. The lowest BCUT2D eigenvalue weighted by Gasteiger charge is -2.63. The molecule has 5 rings (SSSR count). The molecule has 1 aromatic rings. The fraction of sp³-hybridized carbons (Fsp3) is 0.600. The largest absolute Gasteiger partial charge is 0.497 e. The van der Waals surface area contributed by atoms with Crippen molar-refractivity contribution in [3.63, 3.8) is 0 Å². The molecule has 0 amide bonds. The van der Waals surface area contributed by atoms with Gasteiger partial charge in [-0.15, -0.1) is 0 Å². The highest BCUT2D eigenvalue weighted by Crippen LogP contribution is 2.67. The number of ether oxygens (including phenoxy) is 3. The van der Waals surface area contributed by atoms with E-state index in [4.69, 9.17) is 14.2 Å². The smallest absolute Gasteiger partial charge is 0.344 e. The van der Waals surface area contributed by atoms with Crippen molar-refractivity contribution in [2.24, 2.45) is 5.41 Å². The van der Waals surface area contributed by atoms with E-state index >= 15 is 0 Å². The Kier molecular flexibility index (Phi) is 4.85. The van der Waals surface area contributed by atoms with Crippen LogP contribution in [0.1, 0.15) is 32.3 Å². The van der Waals surface area contributed by atoms with Crippen molar-refractivity contribution in [2.75, 3.05) is 39.3 Å². The van der Waals surface area contributed by atoms with Gasteiger partial charge in [0.2, 0.25) is 5.60 Å². The van der Waals surface area contributed by atoms with Crippen molar-refractivity contribution in [3.05, 3.63) is 35.9 Å². The third kappa shape index (κ3) is 2.48. The first-order valence-electron chi connectivity index (χ1n) is 11.5. The Morgan fingerprint density at radius 2 is 2.00 bits per heavy atom. The van der Waals surface area contributed by atoms with Crippen LogP contribution in [0.4, 0.5) is 5.69 Å². The minimum absolute atomic E-state index is 0.0589. The molecule has 0 bridgehead atoms. The Morgan fingerprint density at radius 3 is 2.64 bits per heavy atom. The van der Waals surface area contributed by atoms with Crippen molar-refractivity contribution in [3.8, 4) is 5.75 Å². The predicted octanol–water partition coefficient (Wildman–Crippen LogP) is 1.64. The van der Waals surface area contributed by atoms with E-state index in [0.717, 1.165) is 30.8 Å². The number of esters is 2. The van der Waals surface area contributed by atoms with Crippen LogP contribution in [0.3, 0.4) is 0 Å². The predicted molar refractivity (Wildman–Crippen MR) is 121 cm³/mol. The van der Waals surface area contributed by atoms with Gasteiger partial charge in [-0.05, 0) is 31.0 Å². The lowest BCUT2D eigenvalue weighted by molar-refractivity contribution is -0.228. The standard InChI is InChI=1S/C25H32N2O6/c1-6-23-10-7-12-27-13-11-24(19(23)27)17-9-8-16(31-4)14-18(17)26(3)20(24)25(30,22(29)32-5)21(23)33-15(2)28/h7-10,14,19-21,30H,6,11-13H2,1-5H3/t19?,20-,21-,23-,24-,25-/m1/s1. The second-order valence-electron chi connectivity index (χ2n) is 9.76. The van der Waals surface area contributed by atoms with Crippen molar-refractivity contribution < 1.29 is 28.9 Å². The molecule has 1 saturated heterocycles. The minimum atomic E-state index is -2.08. The summed E-state index contributed by atoms with van der Waals surface area (Å²) in [6.45, 7) is 4.94. The zero-order chi connectivity index (χ0) is 23.8. The van der Waals surface area contributed by atoms with Gasteiger partial charge in [-0.1, -0.05) is 25.1 Å². The summed E-state index contributed by atoms with van der Waals surface area (Å²) >= 11 is 0. The van der Waals surface area contributed by atoms with Crippen LogP contribution in [0.15, 0.2) is 30.4 Å². The van der Waals surface area contributed by atoms with Crippen LogP contribution in [0.2, 0.25) is 0 Å². The number of anilines is 1. The van der Waals surface area contributed by atoms with Gasteiger partial charge in [-0.2, -0.15) is 0 Å². The maximum absolute atomic E-state index is 13.5. The van der Waals surface area contributed by atoms with Crippen LogP contribution in [-0.2, 0) is 24.5 Å². The summed E-state index contributed by atoms with van der Waals surface area (Å²) in [5, 5.41) is 12.5. The van der Waals surface area contributed by atoms with Gasteiger partial charge in [0.05, 0.1) is 20.3 Å². The molecule has 33 heavy (non-hydrogen) atoms. The molecule has 1 spiro atoms. The monoisotopic (exact) mass is 456 g/mol. The molecule has 1 saturated carbocycles. The number of methoxy groups -OCH3 is 2. The fourth-order valence-electron chi connectivity index (χ4n) is 7.68. The average Bonchev–Trinajstić information content (AvgIpc) is 3.32. The van der Waals surface area contributed by atoms with Crippen molar-refractivity contribution in [2.45, 2.75) is 55.9 Å². The summed E-state index contributed by atoms with van der Waals surface area (Å²) in [6.07, 6.45) is 4.40. The Bertz CT molecular complexity index is 1040. The Morgan fingerprint density at radius 1 is 1.24 bits per heavy atom. The molecule has 1 aromatic carbocycles. The van der Waals surface area contributed by atoms with Gasteiger partial charge in [-0.25, -0.2) is 4.79 Å². The first-order valence-corrected chi connectivity index (χ1v) is 11.5. The molecule has 3 aliphatic heterocycles. The number of benzene rings is 1. The molecule has 2 fully saturated rings. The molecule has 1 aliphatic carbocycles. The number of nitrogens with zero attached hydrogens (tertiary/aromatic N) is 2. The summed E-state index contributed by atoms with van der Waals surface area (Å²) < 4.78 is 16.6. The number of aliphatic hydroxyl groups is 1. The Hall–Kier alpha value is -2.58. The summed E-state index contributed by atoms with van der Waals surface area (Å²) in [7, 11) is 4.77. The highest BCUT2D eigenvalue weighted by Gasteiger charge is 2.80. The van der Waals surface area contributed by atoms with Gasteiger partial charge in [-0.3, -0.25) is 9.69 Å². The van der Waals surface area contributed by atoms with Crippen molar-refractivity contribution in [1.29, 1.82) is 0 Å². The third-order valence-electron chi connectivity index (χ3n) is 8.62. The van der Waals surface area contributed by atoms with Crippen molar-refractivity contribution >= 4 is 17.6 Å². The van der Waals surface area contributed by atoms with E-state index in [-0.39, 0.29) is 6.04 Å². The van der Waals surface area contributed by atoms with E-state index in [2.05, 4.69) is 23.1 Å². The number of carbonyl (C=O) groups excluding carboxylic acids is 2. The highest BCUT2D eigenvalue weighted by atomic mass is 16.6. The van der Waals surface area contributed by atoms with Gasteiger partial charge >= 0.3 is 11.9 Å². The molecule has 178 valence electrons. The number of likely N-dealkylation sites (N-methyl/N-ethyl adjacent to an activating group) is 1. The molecule has 3 heterocycles. The van der Waals surface area contributed by atoms with Crippen molar-refractivity contribution in [1.82, 2.24) is 4.90 Å². The molecule has 8 heteroatoms. The summed E-state index contributed by atoms with van der Waals surface area (Å²) in [5.74, 6) is -0.617. The topological polar surface area (TPSA) is 88.5 Å². The second kappa shape index (κ2) is 7.21. The van der Waals surface area contributed by atoms with E-state index in [1.54, 1.807) is 7.11 Å². The number of carbonyl (C=O) groups is 2. The van der Waals surface area contributed by atoms with Crippen LogP contribution >= 0.6 is 0 Å². The fourth-order valence-corrected chi connectivity index (χ4v) is 7.68. The van der Waals surface area contributed by atoms with Crippen LogP contribution in [0.5, 0.6) is 5.75 Å². The molecular formula is C25H32N2O6. The number of fused-ring (bicyclic) bond motifs is 1. The maximum Gasteiger partial charge on any atom is 0.344 e. The summed E-state index contributed by atoms with van der Waals surface area (Å²) in [6, 6.07) is 5.22. The number of rotatable bonds is 4.